The van der Waals surface area contributed by atoms with Crippen LogP contribution in [-0.2, 0) is 14.3 Å². The van der Waals surface area contributed by atoms with Gasteiger partial charge in [0.1, 0.15) is 18.3 Å². The van der Waals surface area contributed by atoms with Gasteiger partial charge in [0.25, 0.3) is 0 Å². The van der Waals surface area contributed by atoms with E-state index in [1.54, 1.807) is 0 Å². The molecule has 0 aromatic heterocycles. The highest BCUT2D eigenvalue weighted by molar-refractivity contribution is 5.77. The molecule has 1 unspecified atom stereocenters. The first kappa shape index (κ1) is 33.8. The third-order valence-corrected chi connectivity index (χ3v) is 15.4. The number of hydrogen-bond donors (Lipinski definition) is 7. The summed E-state index contributed by atoms with van der Waals surface area (Å²) in [7, 11) is 0. The summed E-state index contributed by atoms with van der Waals surface area (Å²) in [6.07, 6.45) is 0.214. The first-order valence-corrected chi connectivity index (χ1v) is 17.1. The van der Waals surface area contributed by atoms with E-state index in [1.165, 1.54) is 0 Å². The maximum atomic E-state index is 13.0. The molecule has 6 rings (SSSR count). The van der Waals surface area contributed by atoms with Gasteiger partial charge in [0.05, 0.1) is 36.4 Å². The molecule has 1 heterocycles. The van der Waals surface area contributed by atoms with Crippen LogP contribution in [0.4, 0.5) is 0 Å². The molecule has 16 atom stereocenters. The van der Waals surface area contributed by atoms with Crippen molar-refractivity contribution in [3.8, 4) is 0 Å². The van der Waals surface area contributed by atoms with Crippen molar-refractivity contribution >= 4 is 5.97 Å². The van der Waals surface area contributed by atoms with Gasteiger partial charge in [-0.05, 0) is 80.5 Å². The zero-order valence-corrected chi connectivity index (χ0v) is 27.8. The van der Waals surface area contributed by atoms with E-state index in [2.05, 4.69) is 26.8 Å². The Balaban J connectivity index is 1.37. The van der Waals surface area contributed by atoms with Crippen LogP contribution < -0.4 is 0 Å². The lowest BCUT2D eigenvalue weighted by Gasteiger charge is -2.72. The summed E-state index contributed by atoms with van der Waals surface area (Å²) in [5.74, 6) is -1.45. The fourth-order valence-corrected chi connectivity index (χ4v) is 12.1. The Morgan fingerprint density at radius 3 is 2.31 bits per heavy atom. The second-order valence-corrected chi connectivity index (χ2v) is 17.0. The average molecular weight is 637 g/mol. The SMILES string of the molecule is C[C@H]1CC[C@]2(C(=O)O)CC[C@]3(C)C(=CC[C@@H]4[C@@]5(C)C(O)C[C@H](O[C@@H]6OC[C@@H](O)[C@H](O)[C@H]6O)[C@@](C)(CO)[C@@H]5CC[C@]43C)[C@@H]2[C@]1(C)O. The van der Waals surface area contributed by atoms with Crippen molar-refractivity contribution in [1.82, 2.24) is 0 Å². The Labute approximate surface area is 266 Å². The smallest absolute Gasteiger partial charge is 0.310 e. The van der Waals surface area contributed by atoms with Crippen molar-refractivity contribution < 1.29 is 50.0 Å². The third kappa shape index (κ3) is 4.25. The highest BCUT2D eigenvalue weighted by atomic mass is 16.7. The molecule has 5 fully saturated rings. The van der Waals surface area contributed by atoms with Gasteiger partial charge in [0, 0.05) is 23.2 Å². The Morgan fingerprint density at radius 2 is 1.67 bits per heavy atom. The van der Waals surface area contributed by atoms with Gasteiger partial charge in [-0.15, -0.1) is 0 Å². The molecule has 10 nitrogen and oxygen atoms in total. The molecule has 10 heteroatoms. The zero-order valence-electron chi connectivity index (χ0n) is 27.8. The van der Waals surface area contributed by atoms with Crippen LogP contribution in [0.5, 0.6) is 0 Å². The molecule has 0 radical (unpaired) electrons. The van der Waals surface area contributed by atoms with E-state index in [9.17, 15) is 40.5 Å². The van der Waals surface area contributed by atoms with Crippen molar-refractivity contribution in [2.45, 2.75) is 135 Å². The Bertz CT molecular complexity index is 1220. The van der Waals surface area contributed by atoms with Gasteiger partial charge >= 0.3 is 5.97 Å². The van der Waals surface area contributed by atoms with Gasteiger partial charge in [0.15, 0.2) is 6.29 Å². The van der Waals surface area contributed by atoms with Gasteiger partial charge in [-0.3, -0.25) is 4.79 Å². The minimum atomic E-state index is -1.47. The van der Waals surface area contributed by atoms with Crippen LogP contribution >= 0.6 is 0 Å². The normalized spacial score (nSPS) is 57.9. The summed E-state index contributed by atoms with van der Waals surface area (Å²) in [5.41, 5.74) is -3.15. The average Bonchev–Trinajstić information content (AvgIpc) is 2.98. The zero-order chi connectivity index (χ0) is 33.1. The lowest BCUT2D eigenvalue weighted by Crippen LogP contribution is -2.71. The second-order valence-electron chi connectivity index (χ2n) is 17.0. The van der Waals surface area contributed by atoms with Gasteiger partial charge < -0.3 is 45.2 Å². The number of carboxylic acids is 1. The summed E-state index contributed by atoms with van der Waals surface area (Å²) in [4.78, 5) is 13.0. The van der Waals surface area contributed by atoms with Crippen molar-refractivity contribution in [2.75, 3.05) is 13.2 Å². The van der Waals surface area contributed by atoms with E-state index >= 15 is 0 Å². The second kappa shape index (κ2) is 10.7. The van der Waals surface area contributed by atoms with E-state index in [0.29, 0.717) is 38.5 Å². The largest absolute Gasteiger partial charge is 0.481 e. The number of carbonyl (C=O) groups is 1. The monoisotopic (exact) mass is 636 g/mol. The lowest BCUT2D eigenvalue weighted by atomic mass is 9.32. The number of aliphatic hydroxyl groups excluding tert-OH is 5. The van der Waals surface area contributed by atoms with Gasteiger partial charge in [-0.1, -0.05) is 46.3 Å². The summed E-state index contributed by atoms with van der Waals surface area (Å²) < 4.78 is 11.8. The number of fused-ring (bicyclic) bond motifs is 7. The van der Waals surface area contributed by atoms with Crippen molar-refractivity contribution in [3.05, 3.63) is 11.6 Å². The van der Waals surface area contributed by atoms with E-state index < -0.39 is 70.5 Å². The van der Waals surface area contributed by atoms with Crippen LogP contribution in [0.3, 0.4) is 0 Å². The van der Waals surface area contributed by atoms with Crippen molar-refractivity contribution in [1.29, 1.82) is 0 Å². The summed E-state index contributed by atoms with van der Waals surface area (Å²) in [6.45, 7) is 12.2. The third-order valence-electron chi connectivity index (χ3n) is 15.4. The number of aliphatic carboxylic acids is 1. The molecule has 0 aromatic carbocycles. The molecule has 1 aliphatic heterocycles. The summed E-state index contributed by atoms with van der Waals surface area (Å²) >= 11 is 0. The van der Waals surface area contributed by atoms with Crippen LogP contribution in [0.25, 0.3) is 0 Å². The highest BCUT2D eigenvalue weighted by Crippen LogP contribution is 2.76. The molecule has 4 saturated carbocycles. The quantitative estimate of drug-likeness (QED) is 0.179. The van der Waals surface area contributed by atoms with E-state index in [4.69, 9.17) is 9.47 Å². The number of rotatable bonds is 4. The molecule has 5 aliphatic carbocycles. The molecule has 0 aromatic rings. The molecule has 0 spiro atoms. The van der Waals surface area contributed by atoms with Crippen molar-refractivity contribution in [3.63, 3.8) is 0 Å². The molecule has 6 aliphatic rings. The van der Waals surface area contributed by atoms with Gasteiger partial charge in [-0.25, -0.2) is 0 Å². The predicted molar refractivity (Wildman–Crippen MR) is 163 cm³/mol. The molecular weight excluding hydrogens is 580 g/mol. The van der Waals surface area contributed by atoms with E-state index in [0.717, 1.165) is 12.0 Å². The maximum absolute atomic E-state index is 13.0. The Hall–Kier alpha value is -1.11. The Kier molecular flexibility index (Phi) is 8.03. The number of hydrogen-bond acceptors (Lipinski definition) is 9. The number of ether oxygens (including phenoxy) is 2. The molecule has 45 heavy (non-hydrogen) atoms. The van der Waals surface area contributed by atoms with Crippen LogP contribution in [0, 0.1) is 50.7 Å². The standard InChI is InChI=1S/C35H56O10/c1-18-9-12-35(29(41)42)14-13-31(3)19(27(35)34(18,6)43)7-8-22-32(31,4)11-10-21-30(2,17-36)24(15-23(38)33(21,22)5)45-28-26(40)25(39)20(37)16-44-28/h7,18,20-28,36-40,43H,8-17H2,1-6H3,(H,41,42)/t18-,20+,21-,22-,23?,24-,25-,26+,27+,28-,30-,31+,32+,33-,34+,35-/m0/s1. The molecule has 0 bridgehead atoms. The maximum Gasteiger partial charge on any atom is 0.310 e. The van der Waals surface area contributed by atoms with Crippen molar-refractivity contribution in [2.24, 2.45) is 50.7 Å². The summed E-state index contributed by atoms with van der Waals surface area (Å²) in [6, 6.07) is 0. The topological polar surface area (TPSA) is 177 Å². The lowest BCUT2D eigenvalue weighted by molar-refractivity contribution is -0.324. The van der Waals surface area contributed by atoms with E-state index in [1.807, 2.05) is 20.8 Å². The molecule has 0 amide bonds. The molecule has 1 saturated heterocycles. The molecule has 7 N–H and O–H groups in total. The van der Waals surface area contributed by atoms with Crippen LogP contribution in [0.15, 0.2) is 11.6 Å². The minimum Gasteiger partial charge on any atom is -0.481 e. The fourth-order valence-electron chi connectivity index (χ4n) is 12.1. The Morgan fingerprint density at radius 1 is 0.978 bits per heavy atom. The van der Waals surface area contributed by atoms with Crippen LogP contribution in [-0.4, -0.2) is 97.3 Å². The summed E-state index contributed by atoms with van der Waals surface area (Å²) in [5, 5.41) is 76.6. The van der Waals surface area contributed by atoms with Crippen LogP contribution in [0.1, 0.15) is 92.9 Å². The highest BCUT2D eigenvalue weighted by Gasteiger charge is 2.73. The first-order valence-electron chi connectivity index (χ1n) is 17.1. The predicted octanol–water partition coefficient (Wildman–Crippen LogP) is 2.61. The first-order chi connectivity index (χ1) is 20.9. The number of aliphatic hydroxyl groups is 6. The van der Waals surface area contributed by atoms with Gasteiger partial charge in [0.2, 0.25) is 0 Å². The van der Waals surface area contributed by atoms with E-state index in [-0.39, 0.29) is 48.2 Å². The molecular formula is C35H56O10. The molecule has 256 valence electrons. The fraction of sp³-hybridized carbons (Fsp3) is 0.914. The minimum absolute atomic E-state index is 0.0242. The van der Waals surface area contributed by atoms with Crippen LogP contribution in [0.2, 0.25) is 0 Å². The number of carboxylic acid groups (broad SMARTS) is 1. The number of allylic oxidation sites excluding steroid dienone is 1. The van der Waals surface area contributed by atoms with Gasteiger partial charge in [-0.2, -0.15) is 0 Å².